The normalized spacial score (nSPS) is 13.8. The standard InChI is InChI=1S/C22H29ClN6O5S/c1-14(20(34-4)21-24-12-15(23)13-25-21)35(31)28-22-27-26-18(10-5-6-11-30)29(22)19-16(32-2)8-7-9-17(19)33-3/h7-9,12-14,20,30H,5-6,10-11H2,1-4H3,(H,27,28). The van der Waals surface area contributed by atoms with Gasteiger partial charge in [-0.25, -0.2) is 14.2 Å². The van der Waals surface area contributed by atoms with Crippen molar-refractivity contribution >= 4 is 28.5 Å². The molecule has 0 amide bonds. The van der Waals surface area contributed by atoms with Gasteiger partial charge in [-0.3, -0.25) is 9.29 Å². The SMILES string of the molecule is COc1cccc(OC)c1-n1c(CCCCO)nnc1NS(=O)C(C)C(OC)c1ncc(Cl)cn1. The van der Waals surface area contributed by atoms with Crippen LogP contribution in [-0.2, 0) is 22.1 Å². The summed E-state index contributed by atoms with van der Waals surface area (Å²) < 4.78 is 34.8. The number of aliphatic hydroxyl groups is 1. The molecule has 2 heterocycles. The van der Waals surface area contributed by atoms with Gasteiger partial charge in [0.1, 0.15) is 40.1 Å². The van der Waals surface area contributed by atoms with Crippen LogP contribution < -0.4 is 14.2 Å². The smallest absolute Gasteiger partial charge is 0.241 e. The van der Waals surface area contributed by atoms with Crippen LogP contribution in [0.4, 0.5) is 5.95 Å². The predicted molar refractivity (Wildman–Crippen MR) is 133 cm³/mol. The van der Waals surface area contributed by atoms with Crippen molar-refractivity contribution in [2.24, 2.45) is 0 Å². The molecule has 0 spiro atoms. The Hall–Kier alpha value is -2.80. The van der Waals surface area contributed by atoms with Crippen LogP contribution in [0.2, 0.25) is 5.02 Å². The van der Waals surface area contributed by atoms with E-state index in [0.717, 1.165) is 0 Å². The van der Waals surface area contributed by atoms with E-state index in [1.54, 1.807) is 43.9 Å². The molecule has 0 aliphatic carbocycles. The first-order valence-electron chi connectivity index (χ1n) is 10.9. The third kappa shape index (κ3) is 6.26. The number of para-hydroxylation sites is 1. The van der Waals surface area contributed by atoms with Gasteiger partial charge in [-0.15, -0.1) is 10.2 Å². The highest BCUT2D eigenvalue weighted by atomic mass is 35.5. The largest absolute Gasteiger partial charge is 0.494 e. The Bertz CT molecular complexity index is 1110. The topological polar surface area (TPSA) is 134 Å². The minimum absolute atomic E-state index is 0.0733. The van der Waals surface area contributed by atoms with Gasteiger partial charge in [0.25, 0.3) is 0 Å². The fourth-order valence-electron chi connectivity index (χ4n) is 3.50. The number of benzene rings is 1. The molecular formula is C22H29ClN6O5S. The number of rotatable bonds is 13. The van der Waals surface area contributed by atoms with Crippen LogP contribution in [0.3, 0.4) is 0 Å². The number of aliphatic hydroxyl groups excluding tert-OH is 1. The van der Waals surface area contributed by atoms with Crippen LogP contribution in [0.15, 0.2) is 30.6 Å². The van der Waals surface area contributed by atoms with Gasteiger partial charge in [-0.1, -0.05) is 17.7 Å². The third-order valence-corrected chi connectivity index (χ3v) is 6.77. The average molecular weight is 525 g/mol. The first-order valence-corrected chi connectivity index (χ1v) is 12.5. The number of anilines is 1. The summed E-state index contributed by atoms with van der Waals surface area (Å²) in [6, 6.07) is 5.38. The first-order chi connectivity index (χ1) is 16.9. The third-order valence-electron chi connectivity index (χ3n) is 5.27. The van der Waals surface area contributed by atoms with Gasteiger partial charge in [0.15, 0.2) is 5.82 Å². The van der Waals surface area contributed by atoms with Crippen LogP contribution in [0.1, 0.15) is 37.5 Å². The highest BCUT2D eigenvalue weighted by molar-refractivity contribution is 7.87. The van der Waals surface area contributed by atoms with Crippen molar-refractivity contribution in [3.63, 3.8) is 0 Å². The van der Waals surface area contributed by atoms with E-state index in [4.69, 9.17) is 25.8 Å². The molecule has 0 saturated heterocycles. The minimum atomic E-state index is -1.68. The molecule has 35 heavy (non-hydrogen) atoms. The van der Waals surface area contributed by atoms with E-state index in [1.165, 1.54) is 19.5 Å². The Morgan fingerprint density at radius 3 is 2.34 bits per heavy atom. The van der Waals surface area contributed by atoms with Gasteiger partial charge < -0.3 is 19.3 Å². The van der Waals surface area contributed by atoms with E-state index in [0.29, 0.717) is 53.1 Å². The fraction of sp³-hybridized carbons (Fsp3) is 0.455. The van der Waals surface area contributed by atoms with Crippen LogP contribution in [-0.4, -0.2) is 67.2 Å². The van der Waals surface area contributed by atoms with Crippen molar-refractivity contribution in [3.05, 3.63) is 47.3 Å². The van der Waals surface area contributed by atoms with Crippen molar-refractivity contribution in [2.75, 3.05) is 32.7 Å². The second-order valence-electron chi connectivity index (χ2n) is 7.49. The summed E-state index contributed by atoms with van der Waals surface area (Å²) in [6.45, 7) is 1.83. The molecule has 3 unspecified atom stereocenters. The summed E-state index contributed by atoms with van der Waals surface area (Å²) in [7, 11) is 2.92. The molecule has 3 aromatic rings. The highest BCUT2D eigenvalue weighted by Gasteiger charge is 2.29. The molecule has 190 valence electrons. The summed E-state index contributed by atoms with van der Waals surface area (Å²) >= 11 is 5.89. The van der Waals surface area contributed by atoms with Gasteiger partial charge in [-0.2, -0.15) is 0 Å². The van der Waals surface area contributed by atoms with Gasteiger partial charge in [0.2, 0.25) is 5.95 Å². The molecular weight excluding hydrogens is 496 g/mol. The molecule has 2 aromatic heterocycles. The fourth-order valence-corrected chi connectivity index (χ4v) is 4.55. The second-order valence-corrected chi connectivity index (χ2v) is 9.47. The van der Waals surface area contributed by atoms with E-state index in [9.17, 15) is 9.32 Å². The van der Waals surface area contributed by atoms with Crippen LogP contribution >= 0.6 is 11.6 Å². The Labute approximate surface area is 211 Å². The molecule has 13 heteroatoms. The van der Waals surface area contributed by atoms with Crippen molar-refractivity contribution < 1.29 is 23.5 Å². The number of hydrogen-bond donors (Lipinski definition) is 2. The van der Waals surface area contributed by atoms with Crippen molar-refractivity contribution in [1.29, 1.82) is 0 Å². The zero-order valence-corrected chi connectivity index (χ0v) is 21.5. The number of halogens is 1. The first kappa shape index (κ1) is 26.8. The second kappa shape index (κ2) is 12.8. The molecule has 3 rings (SSSR count). The predicted octanol–water partition coefficient (Wildman–Crippen LogP) is 2.89. The van der Waals surface area contributed by atoms with Gasteiger partial charge in [0.05, 0.1) is 24.5 Å². The summed E-state index contributed by atoms with van der Waals surface area (Å²) in [5.74, 6) is 2.25. The van der Waals surface area contributed by atoms with Gasteiger partial charge in [-0.05, 0) is 31.9 Å². The molecule has 1 aromatic carbocycles. The van der Waals surface area contributed by atoms with E-state index >= 15 is 0 Å². The Morgan fingerprint density at radius 2 is 1.77 bits per heavy atom. The number of unbranched alkanes of at least 4 members (excludes halogenated alkanes) is 1. The lowest BCUT2D eigenvalue weighted by atomic mass is 10.2. The van der Waals surface area contributed by atoms with Crippen LogP contribution in [0, 0.1) is 0 Å². The molecule has 3 atom stereocenters. The number of aryl methyl sites for hydroxylation is 1. The van der Waals surface area contributed by atoms with E-state index in [-0.39, 0.29) is 12.6 Å². The lowest BCUT2D eigenvalue weighted by molar-refractivity contribution is 0.0961. The zero-order valence-electron chi connectivity index (χ0n) is 20.0. The van der Waals surface area contributed by atoms with Crippen molar-refractivity contribution in [1.82, 2.24) is 24.7 Å². The van der Waals surface area contributed by atoms with Crippen LogP contribution in [0.5, 0.6) is 11.5 Å². The van der Waals surface area contributed by atoms with Gasteiger partial charge >= 0.3 is 0 Å². The number of hydrogen-bond acceptors (Lipinski definition) is 9. The van der Waals surface area contributed by atoms with Crippen molar-refractivity contribution in [2.45, 2.75) is 37.5 Å². The molecule has 0 aliphatic rings. The van der Waals surface area contributed by atoms with Gasteiger partial charge in [0, 0.05) is 32.5 Å². The lowest BCUT2D eigenvalue weighted by Gasteiger charge is -2.22. The maximum absolute atomic E-state index is 13.4. The quantitative estimate of drug-likeness (QED) is 0.324. The highest BCUT2D eigenvalue weighted by Crippen LogP contribution is 2.35. The van der Waals surface area contributed by atoms with Crippen molar-refractivity contribution in [3.8, 4) is 17.2 Å². The maximum atomic E-state index is 13.4. The molecule has 0 radical (unpaired) electrons. The lowest BCUT2D eigenvalue weighted by Crippen LogP contribution is -2.28. The molecule has 0 fully saturated rings. The van der Waals surface area contributed by atoms with Crippen LogP contribution in [0.25, 0.3) is 5.69 Å². The molecule has 0 saturated carbocycles. The van der Waals surface area contributed by atoms with E-state index in [1.807, 2.05) is 0 Å². The Morgan fingerprint density at radius 1 is 1.11 bits per heavy atom. The van der Waals surface area contributed by atoms with E-state index in [2.05, 4.69) is 24.9 Å². The molecule has 0 aliphatic heterocycles. The molecule has 0 bridgehead atoms. The maximum Gasteiger partial charge on any atom is 0.241 e. The number of methoxy groups -OCH3 is 3. The Balaban J connectivity index is 1.98. The molecule has 11 nitrogen and oxygen atoms in total. The number of ether oxygens (including phenoxy) is 3. The number of nitrogens with zero attached hydrogens (tertiary/aromatic N) is 5. The Kier molecular flexibility index (Phi) is 9.78. The monoisotopic (exact) mass is 524 g/mol. The minimum Gasteiger partial charge on any atom is -0.494 e. The molecule has 2 N–H and O–H groups in total. The number of aromatic nitrogens is 5. The van der Waals surface area contributed by atoms with E-state index < -0.39 is 22.3 Å². The zero-order chi connectivity index (χ0) is 25.4. The summed E-state index contributed by atoms with van der Waals surface area (Å²) in [6.07, 6.45) is 4.08. The average Bonchev–Trinajstić information content (AvgIpc) is 3.26. The summed E-state index contributed by atoms with van der Waals surface area (Å²) in [5, 5.41) is 17.6. The summed E-state index contributed by atoms with van der Waals surface area (Å²) in [4.78, 5) is 8.40. The number of nitrogens with one attached hydrogen (secondary N) is 1. The summed E-state index contributed by atoms with van der Waals surface area (Å²) in [5.41, 5.74) is 0.568.